The number of aromatic nitrogens is 3. The summed E-state index contributed by atoms with van der Waals surface area (Å²) >= 11 is 0. The van der Waals surface area contributed by atoms with E-state index in [-0.39, 0.29) is 6.04 Å². The molecule has 1 aliphatic heterocycles. The molecule has 1 saturated heterocycles. The molecule has 0 amide bonds. The predicted octanol–water partition coefficient (Wildman–Crippen LogP) is 0.441. The van der Waals surface area contributed by atoms with E-state index in [2.05, 4.69) is 40.4 Å². The Labute approximate surface area is 108 Å². The van der Waals surface area contributed by atoms with Crippen LogP contribution in [0.3, 0.4) is 0 Å². The van der Waals surface area contributed by atoms with Gasteiger partial charge < -0.3 is 14.4 Å². The summed E-state index contributed by atoms with van der Waals surface area (Å²) in [5, 5.41) is 18.0. The van der Waals surface area contributed by atoms with Crippen LogP contribution in [0.15, 0.2) is 6.33 Å². The highest BCUT2D eigenvalue weighted by Crippen LogP contribution is 2.16. The summed E-state index contributed by atoms with van der Waals surface area (Å²) in [6.45, 7) is 8.87. The number of rotatable bonds is 5. The normalized spacial score (nSPS) is 24.3. The van der Waals surface area contributed by atoms with Crippen LogP contribution in [0.1, 0.15) is 32.6 Å². The van der Waals surface area contributed by atoms with Gasteiger partial charge in [-0.3, -0.25) is 4.90 Å². The minimum atomic E-state index is -0.402. The molecular formula is C12H22N4O2. The van der Waals surface area contributed by atoms with E-state index in [1.54, 1.807) is 6.33 Å². The van der Waals surface area contributed by atoms with E-state index in [4.69, 9.17) is 4.74 Å². The van der Waals surface area contributed by atoms with Crippen LogP contribution in [0.25, 0.3) is 0 Å². The number of nitrogens with zero attached hydrogens (tertiary/aromatic N) is 4. The van der Waals surface area contributed by atoms with Crippen LogP contribution >= 0.6 is 0 Å². The molecule has 1 aliphatic rings. The zero-order valence-corrected chi connectivity index (χ0v) is 11.3. The molecule has 1 fully saturated rings. The molecule has 1 aromatic heterocycles. The Hall–Kier alpha value is -0.980. The van der Waals surface area contributed by atoms with Crippen LogP contribution in [0.4, 0.5) is 0 Å². The van der Waals surface area contributed by atoms with Crippen molar-refractivity contribution in [1.29, 1.82) is 0 Å². The van der Waals surface area contributed by atoms with Gasteiger partial charge in [-0.1, -0.05) is 6.92 Å². The van der Waals surface area contributed by atoms with E-state index in [1.165, 1.54) is 0 Å². The first-order chi connectivity index (χ1) is 8.63. The first-order valence-electron chi connectivity index (χ1n) is 6.51. The summed E-state index contributed by atoms with van der Waals surface area (Å²) in [6, 6.07) is 0.408. The van der Waals surface area contributed by atoms with Crippen LogP contribution in [0, 0.1) is 0 Å². The third kappa shape index (κ3) is 2.71. The fraction of sp³-hybridized carbons (Fsp3) is 0.833. The molecule has 0 unspecified atom stereocenters. The van der Waals surface area contributed by atoms with Crippen molar-refractivity contribution in [3.8, 4) is 0 Å². The SMILES string of the molecule is CCN(Cc1nncn1C(C)C)[C@H]1COC[C@@H]1O. The Morgan fingerprint density at radius 1 is 1.56 bits per heavy atom. The molecule has 0 spiro atoms. The second-order valence-electron chi connectivity index (χ2n) is 4.98. The Morgan fingerprint density at radius 3 is 2.89 bits per heavy atom. The van der Waals surface area contributed by atoms with Crippen LogP contribution in [0.2, 0.25) is 0 Å². The van der Waals surface area contributed by atoms with Gasteiger partial charge in [0.1, 0.15) is 12.2 Å². The molecular weight excluding hydrogens is 232 g/mol. The van der Waals surface area contributed by atoms with Gasteiger partial charge >= 0.3 is 0 Å². The number of hydrogen-bond acceptors (Lipinski definition) is 5. The first-order valence-corrected chi connectivity index (χ1v) is 6.51. The fourth-order valence-corrected chi connectivity index (χ4v) is 2.34. The average molecular weight is 254 g/mol. The second-order valence-corrected chi connectivity index (χ2v) is 4.98. The van der Waals surface area contributed by atoms with Gasteiger partial charge in [0, 0.05) is 6.04 Å². The summed E-state index contributed by atoms with van der Waals surface area (Å²) in [7, 11) is 0. The standard InChI is InChI=1S/C12H22N4O2/c1-4-15(10-6-18-7-11(10)17)5-12-14-13-8-16(12)9(2)3/h8-11,17H,4-7H2,1-3H3/t10-,11-/m0/s1. The van der Waals surface area contributed by atoms with Crippen LogP contribution < -0.4 is 0 Å². The Morgan fingerprint density at radius 2 is 2.33 bits per heavy atom. The van der Waals surface area contributed by atoms with E-state index in [9.17, 15) is 5.11 Å². The maximum atomic E-state index is 9.89. The minimum absolute atomic E-state index is 0.0623. The van der Waals surface area contributed by atoms with E-state index in [1.807, 2.05) is 0 Å². The van der Waals surface area contributed by atoms with Crippen LogP contribution in [0.5, 0.6) is 0 Å². The van der Waals surface area contributed by atoms with E-state index < -0.39 is 6.10 Å². The molecule has 1 N–H and O–H groups in total. The smallest absolute Gasteiger partial charge is 0.147 e. The van der Waals surface area contributed by atoms with Gasteiger partial charge in [-0.25, -0.2) is 0 Å². The predicted molar refractivity (Wildman–Crippen MR) is 67.1 cm³/mol. The molecule has 2 rings (SSSR count). The van der Waals surface area contributed by atoms with Crippen molar-refractivity contribution >= 4 is 0 Å². The summed E-state index contributed by atoms with van der Waals surface area (Å²) in [4.78, 5) is 2.20. The molecule has 0 aromatic carbocycles. The largest absolute Gasteiger partial charge is 0.389 e. The van der Waals surface area contributed by atoms with Gasteiger partial charge in [-0.05, 0) is 20.4 Å². The van der Waals surface area contributed by atoms with Crippen molar-refractivity contribution in [3.63, 3.8) is 0 Å². The number of aliphatic hydroxyl groups excluding tert-OH is 1. The van der Waals surface area contributed by atoms with Crippen LogP contribution in [-0.2, 0) is 11.3 Å². The third-order valence-electron chi connectivity index (χ3n) is 3.44. The maximum Gasteiger partial charge on any atom is 0.147 e. The number of aliphatic hydroxyl groups is 1. The van der Waals surface area contributed by atoms with Crippen molar-refractivity contribution in [2.45, 2.75) is 45.5 Å². The lowest BCUT2D eigenvalue weighted by Gasteiger charge is -2.28. The Bertz CT molecular complexity index is 380. The van der Waals surface area contributed by atoms with Crippen molar-refractivity contribution in [1.82, 2.24) is 19.7 Å². The van der Waals surface area contributed by atoms with E-state index in [0.29, 0.717) is 25.8 Å². The quantitative estimate of drug-likeness (QED) is 0.826. The van der Waals surface area contributed by atoms with E-state index in [0.717, 1.165) is 12.4 Å². The highest BCUT2D eigenvalue weighted by Gasteiger charge is 2.31. The highest BCUT2D eigenvalue weighted by molar-refractivity contribution is 4.92. The zero-order valence-electron chi connectivity index (χ0n) is 11.3. The average Bonchev–Trinajstić information content (AvgIpc) is 2.94. The van der Waals surface area contributed by atoms with Gasteiger partial charge in [-0.15, -0.1) is 10.2 Å². The molecule has 102 valence electrons. The van der Waals surface area contributed by atoms with Crippen LogP contribution in [-0.4, -0.2) is 56.7 Å². The van der Waals surface area contributed by atoms with Crippen molar-refractivity contribution in [3.05, 3.63) is 12.2 Å². The lowest BCUT2D eigenvalue weighted by molar-refractivity contribution is 0.0784. The Kier molecular flexibility index (Phi) is 4.31. The number of ether oxygens (including phenoxy) is 1. The molecule has 0 saturated carbocycles. The molecule has 0 aliphatic carbocycles. The summed E-state index contributed by atoms with van der Waals surface area (Å²) in [5.74, 6) is 0.936. The van der Waals surface area contributed by atoms with E-state index >= 15 is 0 Å². The number of likely N-dealkylation sites (N-methyl/N-ethyl adjacent to an activating group) is 1. The van der Waals surface area contributed by atoms with Crippen molar-refractivity contribution in [2.75, 3.05) is 19.8 Å². The van der Waals surface area contributed by atoms with Gasteiger partial charge in [0.25, 0.3) is 0 Å². The maximum absolute atomic E-state index is 9.89. The lowest BCUT2D eigenvalue weighted by atomic mass is 10.2. The topological polar surface area (TPSA) is 63.4 Å². The molecule has 2 atom stereocenters. The van der Waals surface area contributed by atoms with Crippen molar-refractivity contribution < 1.29 is 9.84 Å². The second kappa shape index (κ2) is 5.77. The zero-order chi connectivity index (χ0) is 13.1. The molecule has 0 bridgehead atoms. The minimum Gasteiger partial charge on any atom is -0.389 e. The highest BCUT2D eigenvalue weighted by atomic mass is 16.5. The summed E-state index contributed by atoms with van der Waals surface area (Å²) in [5.41, 5.74) is 0. The molecule has 6 nitrogen and oxygen atoms in total. The summed E-state index contributed by atoms with van der Waals surface area (Å²) in [6.07, 6.45) is 1.36. The van der Waals surface area contributed by atoms with Gasteiger partial charge in [0.05, 0.1) is 31.9 Å². The van der Waals surface area contributed by atoms with Crippen molar-refractivity contribution in [2.24, 2.45) is 0 Å². The molecule has 0 radical (unpaired) electrons. The molecule has 6 heteroatoms. The molecule has 2 heterocycles. The molecule has 18 heavy (non-hydrogen) atoms. The monoisotopic (exact) mass is 254 g/mol. The Balaban J connectivity index is 2.08. The fourth-order valence-electron chi connectivity index (χ4n) is 2.34. The summed E-state index contributed by atoms with van der Waals surface area (Å²) < 4.78 is 7.37. The first kappa shape index (κ1) is 13.5. The lowest BCUT2D eigenvalue weighted by Crippen LogP contribution is -2.43. The van der Waals surface area contributed by atoms with Gasteiger partial charge in [0.15, 0.2) is 0 Å². The number of hydrogen-bond donors (Lipinski definition) is 1. The van der Waals surface area contributed by atoms with Gasteiger partial charge in [0.2, 0.25) is 0 Å². The third-order valence-corrected chi connectivity index (χ3v) is 3.44. The van der Waals surface area contributed by atoms with Gasteiger partial charge in [-0.2, -0.15) is 0 Å². The molecule has 1 aromatic rings.